The van der Waals surface area contributed by atoms with Crippen molar-refractivity contribution >= 4 is 29.6 Å². The molecular formula is C22H25N3OS2. The molecule has 1 aliphatic heterocycles. The molecule has 1 heterocycles. The van der Waals surface area contributed by atoms with Gasteiger partial charge in [0.05, 0.1) is 18.2 Å². The van der Waals surface area contributed by atoms with E-state index in [0.29, 0.717) is 12.1 Å². The molecule has 0 unspecified atom stereocenters. The molecule has 0 radical (unpaired) electrons. The first-order valence-electron chi connectivity index (χ1n) is 9.38. The summed E-state index contributed by atoms with van der Waals surface area (Å²) >= 11 is 3.28. The molecule has 4 nitrogen and oxygen atoms in total. The number of amides is 1. The average molecular weight is 412 g/mol. The van der Waals surface area contributed by atoms with Crippen molar-refractivity contribution in [3.8, 4) is 6.07 Å². The van der Waals surface area contributed by atoms with Crippen molar-refractivity contribution in [2.45, 2.75) is 48.4 Å². The van der Waals surface area contributed by atoms with Crippen molar-refractivity contribution in [3.05, 3.63) is 53.1 Å². The van der Waals surface area contributed by atoms with Crippen molar-refractivity contribution in [1.82, 2.24) is 9.21 Å². The van der Waals surface area contributed by atoms with Crippen LogP contribution in [0.2, 0.25) is 0 Å². The zero-order valence-electron chi connectivity index (χ0n) is 16.7. The molecular weight excluding hydrogens is 386 g/mol. The lowest BCUT2D eigenvalue weighted by molar-refractivity contribution is -0.135. The monoisotopic (exact) mass is 411 g/mol. The maximum Gasteiger partial charge on any atom is 0.238 e. The highest BCUT2D eigenvalue weighted by Crippen LogP contribution is 2.38. The maximum absolute atomic E-state index is 12.4. The number of piperazine rings is 1. The standard InChI is InChI=1S/C22H25N3OS2/c1-15(2)25-8-7-24(14-22(25)26)28-21-12-18(13-23)5-6-20(21)27-19-10-16(3)9-17(4)11-19/h5-6,9-12,15H,7-8,14H2,1-4H3. The zero-order chi connectivity index (χ0) is 20.3. The lowest BCUT2D eigenvalue weighted by Gasteiger charge is -2.36. The molecule has 1 amide bonds. The van der Waals surface area contributed by atoms with E-state index in [1.165, 1.54) is 16.0 Å². The van der Waals surface area contributed by atoms with E-state index >= 15 is 0 Å². The lowest BCUT2D eigenvalue weighted by atomic mass is 10.2. The van der Waals surface area contributed by atoms with Gasteiger partial charge in [-0.15, -0.1) is 0 Å². The fourth-order valence-electron chi connectivity index (χ4n) is 3.28. The predicted octanol–water partition coefficient (Wildman–Crippen LogP) is 4.89. The van der Waals surface area contributed by atoms with Crippen molar-refractivity contribution < 1.29 is 4.79 Å². The Balaban J connectivity index is 1.82. The Kier molecular flexibility index (Phi) is 6.71. The number of nitrogens with zero attached hydrogens (tertiary/aromatic N) is 3. The Labute approximate surface area is 176 Å². The first-order valence-corrected chi connectivity index (χ1v) is 11.0. The largest absolute Gasteiger partial charge is 0.338 e. The number of hydrogen-bond donors (Lipinski definition) is 0. The number of nitriles is 1. The second-order valence-electron chi connectivity index (χ2n) is 7.33. The van der Waals surface area contributed by atoms with Gasteiger partial charge < -0.3 is 4.90 Å². The Hall–Kier alpha value is -1.94. The first-order chi connectivity index (χ1) is 13.4. The molecule has 1 saturated heterocycles. The van der Waals surface area contributed by atoms with Crippen LogP contribution in [0.1, 0.15) is 30.5 Å². The molecule has 1 fully saturated rings. The second kappa shape index (κ2) is 9.04. The lowest BCUT2D eigenvalue weighted by Crippen LogP contribution is -2.50. The van der Waals surface area contributed by atoms with Gasteiger partial charge in [0.25, 0.3) is 0 Å². The van der Waals surface area contributed by atoms with E-state index in [2.05, 4.69) is 56.3 Å². The van der Waals surface area contributed by atoms with E-state index in [9.17, 15) is 10.1 Å². The SMILES string of the molecule is Cc1cc(C)cc(Sc2ccc(C#N)cc2SN2CCN(C(C)C)C(=O)C2)c1. The summed E-state index contributed by atoms with van der Waals surface area (Å²) in [5, 5.41) is 9.32. The summed E-state index contributed by atoms with van der Waals surface area (Å²) < 4.78 is 2.10. The summed E-state index contributed by atoms with van der Waals surface area (Å²) in [7, 11) is 0. The second-order valence-corrected chi connectivity index (χ2v) is 9.59. The van der Waals surface area contributed by atoms with Crippen LogP contribution in [0.3, 0.4) is 0 Å². The number of aryl methyl sites for hydroxylation is 2. The van der Waals surface area contributed by atoms with Crippen molar-refractivity contribution in [3.63, 3.8) is 0 Å². The highest BCUT2D eigenvalue weighted by molar-refractivity contribution is 8.01. The van der Waals surface area contributed by atoms with Gasteiger partial charge in [-0.2, -0.15) is 5.26 Å². The molecule has 3 rings (SSSR count). The molecule has 0 atom stereocenters. The van der Waals surface area contributed by atoms with Gasteiger partial charge in [0, 0.05) is 33.8 Å². The quantitative estimate of drug-likeness (QED) is 0.656. The molecule has 0 saturated carbocycles. The number of carbonyl (C=O) groups is 1. The van der Waals surface area contributed by atoms with Gasteiger partial charge in [-0.05, 0) is 81.1 Å². The van der Waals surface area contributed by atoms with Crippen molar-refractivity contribution in [2.24, 2.45) is 0 Å². The van der Waals surface area contributed by atoms with Gasteiger partial charge in [0.1, 0.15) is 0 Å². The summed E-state index contributed by atoms with van der Waals surface area (Å²) in [6.45, 7) is 10.3. The summed E-state index contributed by atoms with van der Waals surface area (Å²) in [6, 6.07) is 14.8. The Morgan fingerprint density at radius 2 is 1.75 bits per heavy atom. The molecule has 1 aliphatic rings. The smallest absolute Gasteiger partial charge is 0.238 e. The fourth-order valence-corrected chi connectivity index (χ4v) is 5.52. The van der Waals surface area contributed by atoms with Crippen LogP contribution < -0.4 is 0 Å². The van der Waals surface area contributed by atoms with Gasteiger partial charge >= 0.3 is 0 Å². The minimum absolute atomic E-state index is 0.161. The van der Waals surface area contributed by atoms with Crippen LogP contribution >= 0.6 is 23.7 Å². The highest BCUT2D eigenvalue weighted by Gasteiger charge is 2.26. The van der Waals surface area contributed by atoms with Gasteiger partial charge in [-0.1, -0.05) is 17.8 Å². The molecule has 146 valence electrons. The third-order valence-electron chi connectivity index (χ3n) is 4.57. The molecule has 0 aliphatic carbocycles. The van der Waals surface area contributed by atoms with E-state index < -0.39 is 0 Å². The van der Waals surface area contributed by atoms with Crippen LogP contribution in [0.5, 0.6) is 0 Å². The summed E-state index contributed by atoms with van der Waals surface area (Å²) in [4.78, 5) is 17.7. The fraction of sp³-hybridized carbons (Fsp3) is 0.364. The molecule has 0 bridgehead atoms. The summed E-state index contributed by atoms with van der Waals surface area (Å²) in [6.07, 6.45) is 0. The zero-order valence-corrected chi connectivity index (χ0v) is 18.4. The average Bonchev–Trinajstić information content (AvgIpc) is 2.62. The van der Waals surface area contributed by atoms with Gasteiger partial charge in [0.2, 0.25) is 5.91 Å². The predicted molar refractivity (Wildman–Crippen MR) is 115 cm³/mol. The molecule has 0 spiro atoms. The topological polar surface area (TPSA) is 47.3 Å². The first kappa shape index (κ1) is 20.8. The summed E-state index contributed by atoms with van der Waals surface area (Å²) in [5.41, 5.74) is 3.11. The number of rotatable bonds is 5. The minimum Gasteiger partial charge on any atom is -0.338 e. The number of carbonyl (C=O) groups excluding carboxylic acids is 1. The van der Waals surface area contributed by atoms with Crippen LogP contribution in [-0.4, -0.2) is 40.8 Å². The Morgan fingerprint density at radius 3 is 2.36 bits per heavy atom. The number of hydrogen-bond acceptors (Lipinski definition) is 5. The third-order valence-corrected chi connectivity index (χ3v) is 6.85. The molecule has 2 aromatic rings. The van der Waals surface area contributed by atoms with Crippen LogP contribution in [0.15, 0.2) is 51.1 Å². The van der Waals surface area contributed by atoms with Gasteiger partial charge in [-0.25, -0.2) is 4.31 Å². The Bertz CT molecular complexity index is 900. The van der Waals surface area contributed by atoms with Crippen molar-refractivity contribution in [2.75, 3.05) is 19.6 Å². The van der Waals surface area contributed by atoms with Crippen LogP contribution in [0, 0.1) is 25.2 Å². The Morgan fingerprint density at radius 1 is 1.04 bits per heavy atom. The molecule has 28 heavy (non-hydrogen) atoms. The van der Waals surface area contributed by atoms with E-state index in [-0.39, 0.29) is 11.9 Å². The molecule has 0 N–H and O–H groups in total. The van der Waals surface area contributed by atoms with E-state index in [1.807, 2.05) is 23.1 Å². The van der Waals surface area contributed by atoms with Gasteiger partial charge in [-0.3, -0.25) is 4.79 Å². The molecule has 0 aromatic heterocycles. The summed E-state index contributed by atoms with van der Waals surface area (Å²) in [5.74, 6) is 0.161. The molecule has 6 heteroatoms. The van der Waals surface area contributed by atoms with Crippen LogP contribution in [0.25, 0.3) is 0 Å². The normalized spacial score (nSPS) is 15.1. The molecule has 2 aromatic carbocycles. The van der Waals surface area contributed by atoms with E-state index in [0.717, 1.165) is 22.9 Å². The van der Waals surface area contributed by atoms with Crippen molar-refractivity contribution in [1.29, 1.82) is 5.26 Å². The van der Waals surface area contributed by atoms with Crippen LogP contribution in [0.4, 0.5) is 0 Å². The van der Waals surface area contributed by atoms with Crippen LogP contribution in [-0.2, 0) is 4.79 Å². The number of benzene rings is 2. The van der Waals surface area contributed by atoms with Gasteiger partial charge in [0.15, 0.2) is 0 Å². The minimum atomic E-state index is 0.161. The third kappa shape index (κ3) is 5.11. The van der Waals surface area contributed by atoms with E-state index in [4.69, 9.17) is 0 Å². The van der Waals surface area contributed by atoms with E-state index in [1.54, 1.807) is 23.7 Å². The highest BCUT2D eigenvalue weighted by atomic mass is 32.2. The maximum atomic E-state index is 12.4.